The molecule has 5 rings (SSSR count). The number of alkyl halides is 1. The lowest BCUT2D eigenvalue weighted by Crippen LogP contribution is -2.51. The molecule has 1 fully saturated rings. The normalized spacial score (nSPS) is 13.8. The molecular weight excluding hydrogens is 617 g/mol. The number of carbonyl (C=O) groups is 2. The third kappa shape index (κ3) is 6.79. The van der Waals surface area contributed by atoms with Crippen molar-refractivity contribution in [3.63, 3.8) is 0 Å². The number of rotatable bonds is 11. The van der Waals surface area contributed by atoms with E-state index in [1.807, 2.05) is 0 Å². The minimum Gasteiger partial charge on any atom is -0.493 e. The molecule has 4 aromatic rings. The van der Waals surface area contributed by atoms with Crippen LogP contribution in [0, 0.1) is 0 Å². The highest BCUT2D eigenvalue weighted by molar-refractivity contribution is 8.21. The fourth-order valence-electron chi connectivity index (χ4n) is 4.93. The number of piperazine rings is 1. The van der Waals surface area contributed by atoms with Gasteiger partial charge >= 0.3 is 0 Å². The van der Waals surface area contributed by atoms with E-state index in [4.69, 9.17) is 14.2 Å². The highest BCUT2D eigenvalue weighted by Gasteiger charge is 2.28. The number of hydrogen-bond acceptors (Lipinski definition) is 9. The zero-order valence-corrected chi connectivity index (χ0v) is 25.5. The van der Waals surface area contributed by atoms with Gasteiger partial charge in [0.25, 0.3) is 5.91 Å². The van der Waals surface area contributed by atoms with Crippen LogP contribution in [0.2, 0.25) is 0 Å². The van der Waals surface area contributed by atoms with Gasteiger partial charge in [-0.15, -0.1) is 7.77 Å². The fourth-order valence-corrected chi connectivity index (χ4v) is 5.36. The van der Waals surface area contributed by atoms with E-state index in [0.717, 1.165) is 0 Å². The summed E-state index contributed by atoms with van der Waals surface area (Å²) in [5.41, 5.74) is 1.87. The van der Waals surface area contributed by atoms with Crippen LogP contribution in [0.1, 0.15) is 10.4 Å². The van der Waals surface area contributed by atoms with E-state index >= 15 is 0 Å². The van der Waals surface area contributed by atoms with Crippen molar-refractivity contribution >= 4 is 34.4 Å². The number of hydrogen-bond donors (Lipinski definition) is 1. The molecule has 16 heteroatoms. The van der Waals surface area contributed by atoms with Gasteiger partial charge in [-0.25, -0.2) is 9.37 Å². The highest BCUT2D eigenvalue weighted by Crippen LogP contribution is 2.52. The number of amides is 2. The number of benzene rings is 2. The van der Waals surface area contributed by atoms with Gasteiger partial charge in [0.2, 0.25) is 28.7 Å². The molecule has 0 aliphatic carbocycles. The van der Waals surface area contributed by atoms with E-state index in [2.05, 4.69) is 19.5 Å². The van der Waals surface area contributed by atoms with E-state index in [-0.39, 0.29) is 24.1 Å². The Labute approximate surface area is 258 Å². The van der Waals surface area contributed by atoms with Gasteiger partial charge in [-0.05, 0) is 36.4 Å². The van der Waals surface area contributed by atoms with Gasteiger partial charge in [-0.2, -0.15) is 0 Å². The van der Waals surface area contributed by atoms with Gasteiger partial charge in [0.1, 0.15) is 17.3 Å². The van der Waals surface area contributed by atoms with Crippen LogP contribution in [0.3, 0.4) is 0 Å². The van der Waals surface area contributed by atoms with Crippen molar-refractivity contribution in [1.82, 2.24) is 24.2 Å². The molecule has 12 nitrogen and oxygen atoms in total. The monoisotopic (exact) mass is 648 g/mol. The quantitative estimate of drug-likeness (QED) is 0.249. The van der Waals surface area contributed by atoms with E-state index in [0.29, 0.717) is 71.7 Å². The predicted molar refractivity (Wildman–Crippen MR) is 162 cm³/mol. The Hall–Kier alpha value is -4.86. The minimum absolute atomic E-state index is 0.0722. The van der Waals surface area contributed by atoms with Crippen LogP contribution in [0.25, 0.3) is 16.9 Å². The fraction of sp³-hybridized carbons (Fsp3) is 0.310. The van der Waals surface area contributed by atoms with Crippen molar-refractivity contribution in [2.45, 2.75) is 0 Å². The molecule has 0 spiro atoms. The summed E-state index contributed by atoms with van der Waals surface area (Å²) >= 11 is -4.82. The zero-order chi connectivity index (χ0) is 32.1. The van der Waals surface area contributed by atoms with Crippen molar-refractivity contribution in [3.05, 3.63) is 60.6 Å². The van der Waals surface area contributed by atoms with Crippen LogP contribution in [-0.4, -0.2) is 96.0 Å². The Morgan fingerprint density at radius 3 is 2.20 bits per heavy atom. The van der Waals surface area contributed by atoms with Crippen LogP contribution in [0.4, 0.5) is 18.0 Å². The van der Waals surface area contributed by atoms with Crippen LogP contribution in [0.5, 0.6) is 23.0 Å². The van der Waals surface area contributed by atoms with Gasteiger partial charge in [-0.1, -0.05) is 0 Å². The SMILES string of the molecule is COc1cc(C(=O)N2CCN(C(=O)CNc3c(-c4ccc(OS(F)(F)CF)cc4)nc4cnccn34)CC2)cc(OC)c1OC. The first-order valence-corrected chi connectivity index (χ1v) is 15.2. The topological polar surface area (TPSA) is 120 Å². The molecular formula is C29H31F3N6O6S. The maximum Gasteiger partial charge on any atom is 0.254 e. The van der Waals surface area contributed by atoms with E-state index in [9.17, 15) is 21.8 Å². The molecule has 0 atom stereocenters. The molecule has 45 heavy (non-hydrogen) atoms. The second-order valence-corrected chi connectivity index (χ2v) is 11.2. The Balaban J connectivity index is 1.25. The summed E-state index contributed by atoms with van der Waals surface area (Å²) in [6.45, 7) is 1.23. The van der Waals surface area contributed by atoms with Gasteiger partial charge in [0, 0.05) is 49.7 Å². The number of methoxy groups -OCH3 is 3. The van der Waals surface area contributed by atoms with Gasteiger partial charge in [0.15, 0.2) is 17.1 Å². The number of nitrogens with one attached hydrogen (secondary N) is 1. The van der Waals surface area contributed by atoms with Crippen molar-refractivity contribution < 1.29 is 40.1 Å². The second kappa shape index (κ2) is 13.4. The first-order valence-electron chi connectivity index (χ1n) is 13.7. The molecule has 1 N–H and O–H groups in total. The average Bonchev–Trinajstić information content (AvgIpc) is 3.44. The molecule has 1 aliphatic rings. The molecule has 2 aromatic carbocycles. The number of nitrogens with zero attached hydrogens (tertiary/aromatic N) is 5. The Bertz CT molecular complexity index is 1660. The smallest absolute Gasteiger partial charge is 0.254 e. The van der Waals surface area contributed by atoms with Gasteiger partial charge in [-0.3, -0.25) is 19.0 Å². The molecule has 1 aliphatic heterocycles. The van der Waals surface area contributed by atoms with E-state index in [1.165, 1.54) is 45.6 Å². The maximum absolute atomic E-state index is 13.4. The number of halogens is 3. The molecule has 2 amide bonds. The van der Waals surface area contributed by atoms with Crippen molar-refractivity contribution in [2.24, 2.45) is 0 Å². The molecule has 0 saturated carbocycles. The molecule has 240 valence electrons. The standard InChI is InChI=1S/C29H31F3N6O6S/c1-41-22-14-20(15-23(42-2)27(22)43-3)29(40)37-12-10-36(11-13-37)25(39)17-34-28-26(35-24-16-33-8-9-38(24)28)19-4-6-21(7-5-19)44-45(31,32)18-30/h4-9,14-16,34H,10-13,17-18H2,1-3H3. The van der Waals surface area contributed by atoms with Crippen LogP contribution in [-0.2, 0) is 4.79 Å². The molecule has 0 unspecified atom stereocenters. The van der Waals surface area contributed by atoms with Crippen molar-refractivity contribution in [3.8, 4) is 34.3 Å². The van der Waals surface area contributed by atoms with Crippen molar-refractivity contribution in [2.75, 3.05) is 65.4 Å². The number of carbonyl (C=O) groups excluding carboxylic acids is 2. The summed E-state index contributed by atoms with van der Waals surface area (Å²) in [7, 11) is 4.43. The summed E-state index contributed by atoms with van der Waals surface area (Å²) in [5, 5.41) is 3.15. The highest BCUT2D eigenvalue weighted by atomic mass is 32.3. The summed E-state index contributed by atoms with van der Waals surface area (Å²) in [6.07, 6.45) is 4.78. The molecule has 0 radical (unpaired) electrons. The van der Waals surface area contributed by atoms with Gasteiger partial charge in [0.05, 0.1) is 34.1 Å². The molecule has 2 aromatic heterocycles. The third-order valence-electron chi connectivity index (χ3n) is 7.14. The lowest BCUT2D eigenvalue weighted by atomic mass is 10.1. The number of aromatic nitrogens is 3. The summed E-state index contributed by atoms with van der Waals surface area (Å²) in [6, 6.07) is 6.98. The van der Waals surface area contributed by atoms with E-state index in [1.54, 1.807) is 44.9 Å². The molecule has 3 heterocycles. The lowest BCUT2D eigenvalue weighted by molar-refractivity contribution is -0.130. The lowest BCUT2D eigenvalue weighted by Gasteiger charge is -2.35. The largest absolute Gasteiger partial charge is 0.493 e. The number of ether oxygens (including phenoxy) is 3. The molecule has 1 saturated heterocycles. The summed E-state index contributed by atoms with van der Waals surface area (Å²) < 4.78 is 61.6. The van der Waals surface area contributed by atoms with Gasteiger partial charge < -0.3 is 33.5 Å². The first-order chi connectivity index (χ1) is 21.7. The maximum atomic E-state index is 13.4. The third-order valence-corrected chi connectivity index (χ3v) is 7.83. The van der Waals surface area contributed by atoms with Crippen molar-refractivity contribution in [1.29, 1.82) is 0 Å². The summed E-state index contributed by atoms with van der Waals surface area (Å²) in [4.78, 5) is 38.5. The Morgan fingerprint density at radius 1 is 0.956 bits per heavy atom. The predicted octanol–water partition coefficient (Wildman–Crippen LogP) is 4.61. The second-order valence-electron chi connectivity index (χ2n) is 9.79. The zero-order valence-electron chi connectivity index (χ0n) is 24.7. The average molecular weight is 649 g/mol. The number of anilines is 1. The van der Waals surface area contributed by atoms with E-state index < -0.39 is 17.1 Å². The first kappa shape index (κ1) is 31.6. The summed E-state index contributed by atoms with van der Waals surface area (Å²) in [5.74, 6) is 1.02. The number of fused-ring (bicyclic) bond motifs is 1. The Kier molecular flexibility index (Phi) is 9.41. The minimum atomic E-state index is -4.82. The van der Waals surface area contributed by atoms with Crippen LogP contribution < -0.4 is 23.7 Å². The van der Waals surface area contributed by atoms with Crippen LogP contribution in [0.15, 0.2) is 55.0 Å². The number of imidazole rings is 1. The van der Waals surface area contributed by atoms with Crippen LogP contribution >= 0.6 is 11.1 Å². The Morgan fingerprint density at radius 2 is 1.60 bits per heavy atom. The molecule has 0 bridgehead atoms.